The minimum absolute atomic E-state index is 0.0494. The topological polar surface area (TPSA) is 53.5 Å². The number of ketones is 1. The summed E-state index contributed by atoms with van der Waals surface area (Å²) < 4.78 is 14.2. The maximum absolute atomic E-state index is 13.5. The molecule has 2 aromatic carbocycles. The van der Waals surface area contributed by atoms with Gasteiger partial charge in [0.25, 0.3) is 5.91 Å². The van der Waals surface area contributed by atoms with Crippen molar-refractivity contribution in [3.63, 3.8) is 0 Å². The van der Waals surface area contributed by atoms with Gasteiger partial charge < -0.3 is 4.90 Å². The Morgan fingerprint density at radius 1 is 1.04 bits per heavy atom. The second kappa shape index (κ2) is 7.94. The summed E-state index contributed by atoms with van der Waals surface area (Å²) in [6.07, 6.45) is 0. The molecule has 0 aliphatic rings. The third-order valence-corrected chi connectivity index (χ3v) is 5.17. The first-order chi connectivity index (χ1) is 12.8. The highest BCUT2D eigenvalue weighted by Gasteiger charge is 2.21. The molecule has 3 rings (SSSR count). The van der Waals surface area contributed by atoms with Crippen LogP contribution in [0.5, 0.6) is 0 Å². The molecule has 0 aliphatic carbocycles. The zero-order valence-corrected chi connectivity index (χ0v) is 16.2. The molecular weight excluding hydrogens is 365 g/mol. The normalized spacial score (nSPS) is 11.1. The van der Waals surface area contributed by atoms with Crippen LogP contribution in [0.25, 0.3) is 10.2 Å². The molecule has 0 aliphatic heterocycles. The highest BCUT2D eigenvalue weighted by Crippen LogP contribution is 2.30. The van der Waals surface area contributed by atoms with E-state index in [1.165, 1.54) is 30.4 Å². The quantitative estimate of drug-likeness (QED) is 0.605. The number of hydrogen-bond acceptors (Lipinski definition) is 5. The van der Waals surface area contributed by atoms with Crippen LogP contribution in [0.4, 0.5) is 9.52 Å². The van der Waals surface area contributed by atoms with Crippen molar-refractivity contribution >= 4 is 38.4 Å². The number of amides is 1. The smallest absolute Gasteiger partial charge is 0.260 e. The van der Waals surface area contributed by atoms with E-state index < -0.39 is 0 Å². The van der Waals surface area contributed by atoms with Crippen LogP contribution < -0.4 is 4.90 Å². The second-order valence-electron chi connectivity index (χ2n) is 6.50. The van der Waals surface area contributed by atoms with Gasteiger partial charge in [0, 0.05) is 24.2 Å². The molecule has 3 aromatic rings. The fraction of sp³-hybridized carbons (Fsp3) is 0.250. The number of benzene rings is 2. The van der Waals surface area contributed by atoms with E-state index in [1.54, 1.807) is 35.2 Å². The molecular formula is C20H20FN3O2S. The van der Waals surface area contributed by atoms with Crippen molar-refractivity contribution in [2.45, 2.75) is 6.92 Å². The van der Waals surface area contributed by atoms with E-state index in [9.17, 15) is 14.0 Å². The molecule has 0 spiro atoms. The number of nitrogens with zero attached hydrogens (tertiary/aromatic N) is 3. The Bertz CT molecular complexity index is 983. The third-order valence-electron chi connectivity index (χ3n) is 4.12. The van der Waals surface area contributed by atoms with Gasteiger partial charge in [-0.1, -0.05) is 23.5 Å². The first-order valence-electron chi connectivity index (χ1n) is 8.49. The van der Waals surface area contributed by atoms with Crippen LogP contribution in [0.15, 0.2) is 42.5 Å². The molecule has 0 bridgehead atoms. The highest BCUT2D eigenvalue weighted by atomic mass is 32.1. The molecule has 0 fully saturated rings. The Balaban J connectivity index is 1.95. The number of aromatic nitrogens is 1. The molecule has 0 N–H and O–H groups in total. The van der Waals surface area contributed by atoms with Crippen LogP contribution in [0.3, 0.4) is 0 Å². The number of fused-ring (bicyclic) bond motifs is 1. The van der Waals surface area contributed by atoms with Gasteiger partial charge in [0.15, 0.2) is 10.9 Å². The summed E-state index contributed by atoms with van der Waals surface area (Å²) in [7, 11) is 3.86. The van der Waals surface area contributed by atoms with Gasteiger partial charge in [0.05, 0.1) is 10.2 Å². The SMILES string of the molecule is CC(=O)c1ccc(C(=O)N(CCN(C)C)c2nc3ccc(F)cc3s2)cc1. The lowest BCUT2D eigenvalue weighted by atomic mass is 10.1. The van der Waals surface area contributed by atoms with Gasteiger partial charge >= 0.3 is 0 Å². The third kappa shape index (κ3) is 4.37. The Morgan fingerprint density at radius 3 is 2.33 bits per heavy atom. The minimum atomic E-state index is -0.330. The number of rotatable bonds is 6. The largest absolute Gasteiger partial charge is 0.308 e. The van der Waals surface area contributed by atoms with Crippen molar-refractivity contribution in [3.8, 4) is 0 Å². The predicted octanol–water partition coefficient (Wildman–Crippen LogP) is 3.85. The van der Waals surface area contributed by atoms with Crippen LogP contribution in [0, 0.1) is 5.82 Å². The summed E-state index contributed by atoms with van der Waals surface area (Å²) in [4.78, 5) is 32.6. The van der Waals surface area contributed by atoms with Gasteiger partial charge in [-0.3, -0.25) is 14.5 Å². The van der Waals surface area contributed by atoms with E-state index in [0.717, 1.165) is 0 Å². The van der Waals surface area contributed by atoms with Crippen molar-refractivity contribution in [2.24, 2.45) is 0 Å². The standard InChI is InChI=1S/C20H20FN3O2S/c1-13(25)14-4-6-15(7-5-14)19(26)24(11-10-23(2)3)20-22-17-9-8-16(21)12-18(17)27-20/h4-9,12H,10-11H2,1-3H3. The number of anilines is 1. The predicted molar refractivity (Wildman–Crippen MR) is 106 cm³/mol. The first kappa shape index (κ1) is 19.1. The monoisotopic (exact) mass is 385 g/mol. The molecule has 0 saturated heterocycles. The van der Waals surface area contributed by atoms with Gasteiger partial charge in [-0.05, 0) is 51.4 Å². The summed E-state index contributed by atoms with van der Waals surface area (Å²) in [6, 6.07) is 11.0. The molecule has 0 saturated carbocycles. The molecule has 7 heteroatoms. The summed E-state index contributed by atoms with van der Waals surface area (Å²) in [5.41, 5.74) is 1.69. The van der Waals surface area contributed by atoms with E-state index in [2.05, 4.69) is 4.98 Å². The summed E-state index contributed by atoms with van der Waals surface area (Å²) in [5.74, 6) is -0.582. The molecule has 0 atom stereocenters. The number of likely N-dealkylation sites (N-methyl/N-ethyl adjacent to an activating group) is 1. The maximum atomic E-state index is 13.5. The number of carbonyl (C=O) groups is 2. The Kier molecular flexibility index (Phi) is 5.62. The zero-order chi connectivity index (χ0) is 19.6. The van der Waals surface area contributed by atoms with Crippen LogP contribution in [0.2, 0.25) is 0 Å². The molecule has 0 unspecified atom stereocenters. The van der Waals surface area contributed by atoms with Gasteiger partial charge in [-0.15, -0.1) is 0 Å². The number of carbonyl (C=O) groups excluding carboxylic acids is 2. The van der Waals surface area contributed by atoms with Gasteiger partial charge in [0.1, 0.15) is 5.82 Å². The maximum Gasteiger partial charge on any atom is 0.260 e. The van der Waals surface area contributed by atoms with Crippen LogP contribution in [0.1, 0.15) is 27.6 Å². The number of halogens is 1. The minimum Gasteiger partial charge on any atom is -0.308 e. The lowest BCUT2D eigenvalue weighted by Gasteiger charge is -2.22. The van der Waals surface area contributed by atoms with Crippen LogP contribution in [-0.4, -0.2) is 48.8 Å². The number of thiazole rings is 1. The summed E-state index contributed by atoms with van der Waals surface area (Å²) in [6.45, 7) is 2.59. The fourth-order valence-corrected chi connectivity index (χ4v) is 3.60. The van der Waals surface area contributed by atoms with Gasteiger partial charge in [-0.2, -0.15) is 0 Å². The van der Waals surface area contributed by atoms with Crippen LogP contribution in [-0.2, 0) is 0 Å². The average molecular weight is 385 g/mol. The van der Waals surface area contributed by atoms with E-state index in [-0.39, 0.29) is 17.5 Å². The van der Waals surface area contributed by atoms with E-state index >= 15 is 0 Å². The lowest BCUT2D eigenvalue weighted by molar-refractivity contribution is 0.0981. The molecule has 140 valence electrons. The summed E-state index contributed by atoms with van der Waals surface area (Å²) >= 11 is 1.28. The Labute approximate surface area is 161 Å². The molecule has 1 heterocycles. The van der Waals surface area contributed by atoms with Gasteiger partial charge in [-0.25, -0.2) is 9.37 Å². The van der Waals surface area contributed by atoms with Crippen molar-refractivity contribution in [1.82, 2.24) is 9.88 Å². The van der Waals surface area contributed by atoms with Crippen molar-refractivity contribution in [2.75, 3.05) is 32.1 Å². The van der Waals surface area contributed by atoms with Crippen molar-refractivity contribution < 1.29 is 14.0 Å². The molecule has 27 heavy (non-hydrogen) atoms. The molecule has 1 amide bonds. The molecule has 1 aromatic heterocycles. The Hall–Kier alpha value is -2.64. The lowest BCUT2D eigenvalue weighted by Crippen LogP contribution is -2.36. The van der Waals surface area contributed by atoms with Gasteiger partial charge in [0.2, 0.25) is 0 Å². The number of Topliss-reactive ketones (excluding diaryl/α,β-unsaturated/α-hetero) is 1. The fourth-order valence-electron chi connectivity index (χ4n) is 2.59. The van der Waals surface area contributed by atoms with E-state index in [1.807, 2.05) is 19.0 Å². The number of hydrogen-bond donors (Lipinski definition) is 0. The average Bonchev–Trinajstić information content (AvgIpc) is 3.04. The van der Waals surface area contributed by atoms with Crippen LogP contribution >= 0.6 is 11.3 Å². The van der Waals surface area contributed by atoms with E-state index in [4.69, 9.17) is 0 Å². The summed E-state index contributed by atoms with van der Waals surface area (Å²) in [5, 5.41) is 0.526. The second-order valence-corrected chi connectivity index (χ2v) is 7.51. The first-order valence-corrected chi connectivity index (χ1v) is 9.30. The van der Waals surface area contributed by atoms with Crippen molar-refractivity contribution in [3.05, 3.63) is 59.4 Å². The molecule has 0 radical (unpaired) electrons. The molecule has 5 nitrogen and oxygen atoms in total. The van der Waals surface area contributed by atoms with Crippen molar-refractivity contribution in [1.29, 1.82) is 0 Å². The van der Waals surface area contributed by atoms with E-state index in [0.29, 0.717) is 39.6 Å². The highest BCUT2D eigenvalue weighted by molar-refractivity contribution is 7.22. The Morgan fingerprint density at radius 2 is 1.70 bits per heavy atom. The zero-order valence-electron chi connectivity index (χ0n) is 15.4.